The van der Waals surface area contributed by atoms with Gasteiger partial charge in [-0.2, -0.15) is 5.10 Å². The average molecular weight is 310 g/mol. The molecule has 0 aliphatic heterocycles. The summed E-state index contributed by atoms with van der Waals surface area (Å²) in [7, 11) is 1.84. The molecule has 0 unspecified atom stereocenters. The van der Waals surface area contributed by atoms with Gasteiger partial charge in [-0.05, 0) is 37.3 Å². The lowest BCUT2D eigenvalue weighted by Crippen LogP contribution is -2.21. The molecule has 3 aromatic rings. The van der Waals surface area contributed by atoms with Crippen LogP contribution in [0.4, 0.5) is 5.82 Å². The number of nitrogens with zero attached hydrogens (tertiary/aromatic N) is 4. The minimum absolute atomic E-state index is 0.0189. The number of aromatic amines is 1. The predicted molar refractivity (Wildman–Crippen MR) is 87.3 cm³/mol. The number of hydrogen-bond donors (Lipinski definition) is 2. The third kappa shape index (κ3) is 2.48. The van der Waals surface area contributed by atoms with Crippen molar-refractivity contribution in [3.05, 3.63) is 45.8 Å². The Kier molecular flexibility index (Phi) is 3.33. The second kappa shape index (κ2) is 5.49. The Morgan fingerprint density at radius 3 is 3.09 bits per heavy atom. The maximum atomic E-state index is 12.2. The summed E-state index contributed by atoms with van der Waals surface area (Å²) in [4.78, 5) is 23.7. The number of fused-ring (bicyclic) bond motifs is 2. The van der Waals surface area contributed by atoms with Crippen molar-refractivity contribution in [2.45, 2.75) is 32.2 Å². The highest BCUT2D eigenvalue weighted by molar-refractivity contribution is 5.85. The number of aromatic nitrogens is 5. The lowest BCUT2D eigenvalue weighted by molar-refractivity contribution is 0.663. The average Bonchev–Trinajstić information content (AvgIpc) is 2.95. The molecule has 0 radical (unpaired) electrons. The second-order valence-electron chi connectivity index (χ2n) is 5.92. The Morgan fingerprint density at radius 2 is 2.17 bits per heavy atom. The van der Waals surface area contributed by atoms with Crippen LogP contribution in [0, 0.1) is 0 Å². The van der Waals surface area contributed by atoms with Crippen molar-refractivity contribution in [1.82, 2.24) is 24.7 Å². The normalized spacial score (nSPS) is 14.0. The standard InChI is InChI=1S/C16H18N6O/c1-22-15-12(8-20-22)14(18-9-19-15)17-7-11-6-10-4-2-3-5-13(10)21-16(11)23/h6,8-9H,2-5,7H2,1H3,(H,21,23)(H,17,18,19). The number of aryl methyl sites for hydroxylation is 3. The first kappa shape index (κ1) is 13.9. The van der Waals surface area contributed by atoms with E-state index in [0.29, 0.717) is 12.4 Å². The van der Waals surface area contributed by atoms with Crippen molar-refractivity contribution in [2.75, 3.05) is 5.32 Å². The Labute approximate surface area is 132 Å². The predicted octanol–water partition coefficient (Wildman–Crippen LogP) is 1.54. The Morgan fingerprint density at radius 1 is 1.30 bits per heavy atom. The highest BCUT2D eigenvalue weighted by Gasteiger charge is 2.13. The summed E-state index contributed by atoms with van der Waals surface area (Å²) in [5.74, 6) is 0.695. The van der Waals surface area contributed by atoms with Gasteiger partial charge in [-0.25, -0.2) is 9.97 Å². The van der Waals surface area contributed by atoms with Gasteiger partial charge in [0, 0.05) is 24.8 Å². The van der Waals surface area contributed by atoms with Crippen molar-refractivity contribution in [1.29, 1.82) is 0 Å². The molecular weight excluding hydrogens is 292 g/mol. The van der Waals surface area contributed by atoms with Crippen LogP contribution < -0.4 is 10.9 Å². The number of hydrogen-bond acceptors (Lipinski definition) is 5. The van der Waals surface area contributed by atoms with Gasteiger partial charge in [-0.15, -0.1) is 0 Å². The summed E-state index contributed by atoms with van der Waals surface area (Å²) >= 11 is 0. The van der Waals surface area contributed by atoms with Gasteiger partial charge in [0.25, 0.3) is 5.56 Å². The molecule has 0 fully saturated rings. The zero-order valence-corrected chi connectivity index (χ0v) is 13.0. The Bertz CT molecular complexity index is 926. The quantitative estimate of drug-likeness (QED) is 0.766. The summed E-state index contributed by atoms with van der Waals surface area (Å²) in [5.41, 5.74) is 3.85. The van der Waals surface area contributed by atoms with Crippen LogP contribution in [0.15, 0.2) is 23.4 Å². The van der Waals surface area contributed by atoms with E-state index in [4.69, 9.17) is 0 Å². The molecule has 0 bridgehead atoms. The fraction of sp³-hybridized carbons (Fsp3) is 0.375. The molecule has 1 aliphatic rings. The number of H-pyrrole nitrogens is 1. The van der Waals surface area contributed by atoms with Crippen molar-refractivity contribution in [2.24, 2.45) is 7.05 Å². The number of nitrogens with one attached hydrogen (secondary N) is 2. The molecular formula is C16H18N6O. The van der Waals surface area contributed by atoms with Crippen LogP contribution in [0.25, 0.3) is 11.0 Å². The van der Waals surface area contributed by atoms with E-state index in [0.717, 1.165) is 41.6 Å². The van der Waals surface area contributed by atoms with Gasteiger partial charge in [0.15, 0.2) is 5.65 Å². The number of rotatable bonds is 3. The molecule has 0 saturated heterocycles. The smallest absolute Gasteiger partial charge is 0.253 e. The summed E-state index contributed by atoms with van der Waals surface area (Å²) in [5, 5.41) is 8.28. The zero-order valence-electron chi connectivity index (χ0n) is 13.0. The molecule has 7 heteroatoms. The molecule has 23 heavy (non-hydrogen) atoms. The SMILES string of the molecule is Cn1ncc2c(NCc3cc4c([nH]c3=O)CCCC4)ncnc21. The molecule has 118 valence electrons. The summed E-state index contributed by atoms with van der Waals surface area (Å²) in [6.07, 6.45) is 7.59. The first-order valence-electron chi connectivity index (χ1n) is 7.83. The van der Waals surface area contributed by atoms with Gasteiger partial charge in [0.1, 0.15) is 12.1 Å². The van der Waals surface area contributed by atoms with E-state index < -0.39 is 0 Å². The van der Waals surface area contributed by atoms with Gasteiger partial charge < -0.3 is 10.3 Å². The Balaban J connectivity index is 1.62. The molecule has 1 aliphatic carbocycles. The number of anilines is 1. The van der Waals surface area contributed by atoms with E-state index in [2.05, 4.69) is 25.4 Å². The van der Waals surface area contributed by atoms with Crippen LogP contribution >= 0.6 is 0 Å². The fourth-order valence-electron chi connectivity index (χ4n) is 3.14. The molecule has 0 spiro atoms. The van der Waals surface area contributed by atoms with E-state index in [1.54, 1.807) is 10.9 Å². The summed E-state index contributed by atoms with van der Waals surface area (Å²) in [6, 6.07) is 2.03. The van der Waals surface area contributed by atoms with Crippen LogP contribution in [-0.4, -0.2) is 24.7 Å². The fourth-order valence-corrected chi connectivity index (χ4v) is 3.14. The largest absolute Gasteiger partial charge is 0.365 e. The molecule has 3 heterocycles. The van der Waals surface area contributed by atoms with Crippen molar-refractivity contribution >= 4 is 16.9 Å². The van der Waals surface area contributed by atoms with E-state index in [9.17, 15) is 4.79 Å². The molecule has 0 amide bonds. The van der Waals surface area contributed by atoms with E-state index in [1.807, 2.05) is 13.1 Å². The number of pyridine rings is 1. The molecule has 3 aromatic heterocycles. The van der Waals surface area contributed by atoms with E-state index in [-0.39, 0.29) is 5.56 Å². The lowest BCUT2D eigenvalue weighted by Gasteiger charge is -2.16. The Hall–Kier alpha value is -2.70. The minimum Gasteiger partial charge on any atom is -0.365 e. The monoisotopic (exact) mass is 310 g/mol. The van der Waals surface area contributed by atoms with Crippen LogP contribution in [0.5, 0.6) is 0 Å². The lowest BCUT2D eigenvalue weighted by atomic mass is 9.95. The molecule has 0 atom stereocenters. The molecule has 0 saturated carbocycles. The van der Waals surface area contributed by atoms with Gasteiger partial charge in [0.05, 0.1) is 11.6 Å². The van der Waals surface area contributed by atoms with Crippen LogP contribution in [0.3, 0.4) is 0 Å². The third-order valence-electron chi connectivity index (χ3n) is 4.39. The minimum atomic E-state index is -0.0189. The second-order valence-corrected chi connectivity index (χ2v) is 5.92. The maximum absolute atomic E-state index is 12.2. The van der Waals surface area contributed by atoms with Crippen LogP contribution in [0.2, 0.25) is 0 Å². The van der Waals surface area contributed by atoms with Crippen molar-refractivity contribution in [3.8, 4) is 0 Å². The summed E-state index contributed by atoms with van der Waals surface area (Å²) < 4.78 is 1.70. The molecule has 4 rings (SSSR count). The highest BCUT2D eigenvalue weighted by atomic mass is 16.1. The first-order chi connectivity index (χ1) is 11.2. The van der Waals surface area contributed by atoms with Crippen LogP contribution in [-0.2, 0) is 26.4 Å². The van der Waals surface area contributed by atoms with Gasteiger partial charge >= 0.3 is 0 Å². The molecule has 7 nitrogen and oxygen atoms in total. The zero-order chi connectivity index (χ0) is 15.8. The van der Waals surface area contributed by atoms with Crippen molar-refractivity contribution < 1.29 is 0 Å². The van der Waals surface area contributed by atoms with Gasteiger partial charge in [-0.1, -0.05) is 0 Å². The molecule has 2 N–H and O–H groups in total. The van der Waals surface area contributed by atoms with Crippen molar-refractivity contribution in [3.63, 3.8) is 0 Å². The topological polar surface area (TPSA) is 88.5 Å². The van der Waals surface area contributed by atoms with Gasteiger partial charge in [0.2, 0.25) is 0 Å². The van der Waals surface area contributed by atoms with E-state index in [1.165, 1.54) is 18.3 Å². The van der Waals surface area contributed by atoms with E-state index >= 15 is 0 Å². The summed E-state index contributed by atoms with van der Waals surface area (Å²) in [6.45, 7) is 0.434. The molecule has 0 aromatic carbocycles. The van der Waals surface area contributed by atoms with Gasteiger partial charge in [-0.3, -0.25) is 9.48 Å². The maximum Gasteiger partial charge on any atom is 0.253 e. The third-order valence-corrected chi connectivity index (χ3v) is 4.39. The highest BCUT2D eigenvalue weighted by Crippen LogP contribution is 2.20. The first-order valence-corrected chi connectivity index (χ1v) is 7.83. The van der Waals surface area contributed by atoms with Crippen LogP contribution in [0.1, 0.15) is 29.7 Å².